The molecule has 0 aliphatic carbocycles. The molecule has 0 aliphatic heterocycles. The Morgan fingerprint density at radius 2 is 1.77 bits per heavy atom. The number of para-hydroxylation sites is 1. The second-order valence-electron chi connectivity index (χ2n) is 5.54. The average Bonchev–Trinajstić information content (AvgIpc) is 2.65. The van der Waals surface area contributed by atoms with E-state index in [0.717, 1.165) is 11.4 Å². The van der Waals surface area contributed by atoms with E-state index in [2.05, 4.69) is 10.6 Å². The number of carboxylic acid groups (broad SMARTS) is 1. The fourth-order valence-corrected chi connectivity index (χ4v) is 2.35. The molecule has 1 unspecified atom stereocenters. The van der Waals surface area contributed by atoms with Crippen LogP contribution in [0.1, 0.15) is 16.8 Å². The number of methoxy groups -OCH3 is 2. The molecule has 0 radical (unpaired) electrons. The van der Waals surface area contributed by atoms with Gasteiger partial charge in [0.15, 0.2) is 0 Å². The molecule has 2 aromatic carbocycles. The third-order valence-electron chi connectivity index (χ3n) is 3.75. The van der Waals surface area contributed by atoms with Crippen molar-refractivity contribution in [2.75, 3.05) is 26.1 Å². The van der Waals surface area contributed by atoms with Gasteiger partial charge in [-0.05, 0) is 36.4 Å². The van der Waals surface area contributed by atoms with Gasteiger partial charge in [0.2, 0.25) is 0 Å². The summed E-state index contributed by atoms with van der Waals surface area (Å²) >= 11 is 0. The number of benzene rings is 2. The van der Waals surface area contributed by atoms with Gasteiger partial charge in [-0.1, -0.05) is 12.1 Å². The van der Waals surface area contributed by atoms with Crippen molar-refractivity contribution in [1.82, 2.24) is 5.32 Å². The molecule has 0 saturated carbocycles. The van der Waals surface area contributed by atoms with Crippen molar-refractivity contribution >= 4 is 23.3 Å². The molecule has 0 aliphatic rings. The van der Waals surface area contributed by atoms with E-state index in [0.29, 0.717) is 11.3 Å². The molecule has 26 heavy (non-hydrogen) atoms. The number of aliphatic carboxylic acids is 1. The monoisotopic (exact) mass is 358 g/mol. The Morgan fingerprint density at radius 1 is 1.08 bits per heavy atom. The minimum Gasteiger partial charge on any atom is -0.497 e. The molecule has 138 valence electrons. The fourth-order valence-electron chi connectivity index (χ4n) is 2.35. The third kappa shape index (κ3) is 5.22. The number of ether oxygens (including phenoxy) is 2. The van der Waals surface area contributed by atoms with Crippen molar-refractivity contribution in [2.45, 2.75) is 12.5 Å². The number of carboxylic acids is 1. The molecule has 0 saturated heterocycles. The highest BCUT2D eigenvalue weighted by Gasteiger charge is 2.21. The van der Waals surface area contributed by atoms with E-state index >= 15 is 0 Å². The van der Waals surface area contributed by atoms with Crippen LogP contribution in [-0.2, 0) is 9.53 Å². The summed E-state index contributed by atoms with van der Waals surface area (Å²) in [5.74, 6) is -0.842. The normalized spacial score (nSPS) is 11.5. The van der Waals surface area contributed by atoms with Crippen molar-refractivity contribution < 1.29 is 24.2 Å². The summed E-state index contributed by atoms with van der Waals surface area (Å²) in [6, 6.07) is 13.1. The quantitative estimate of drug-likeness (QED) is 0.638. The van der Waals surface area contributed by atoms with Gasteiger partial charge in [0.25, 0.3) is 5.91 Å². The summed E-state index contributed by atoms with van der Waals surface area (Å²) in [7, 11) is 3.07. The number of nitrogens with one attached hydrogen (secondary N) is 2. The van der Waals surface area contributed by atoms with Gasteiger partial charge in [0.05, 0.1) is 18.4 Å². The standard InChI is InChI=1S/C19H22N2O5/c1-25-12-11-17(19(23)24)21-18(22)15-5-3-4-6-16(15)20-13-7-9-14(26-2)10-8-13/h3-10,17,20H,11-12H2,1-2H3,(H,21,22)(H,23,24). The Kier molecular flexibility index (Phi) is 6.99. The van der Waals surface area contributed by atoms with E-state index in [-0.39, 0.29) is 13.0 Å². The summed E-state index contributed by atoms with van der Waals surface area (Å²) in [6.07, 6.45) is 0.186. The molecule has 0 fully saturated rings. The smallest absolute Gasteiger partial charge is 0.326 e. The first kappa shape index (κ1) is 19.3. The predicted molar refractivity (Wildman–Crippen MR) is 98.1 cm³/mol. The molecule has 0 aromatic heterocycles. The maximum Gasteiger partial charge on any atom is 0.326 e. The summed E-state index contributed by atoms with van der Waals surface area (Å²) in [4.78, 5) is 23.9. The van der Waals surface area contributed by atoms with Crippen molar-refractivity contribution in [2.24, 2.45) is 0 Å². The largest absolute Gasteiger partial charge is 0.497 e. The summed E-state index contributed by atoms with van der Waals surface area (Å²) in [5.41, 5.74) is 1.71. The zero-order valence-corrected chi connectivity index (χ0v) is 14.7. The molecule has 1 amide bonds. The van der Waals surface area contributed by atoms with Crippen molar-refractivity contribution in [1.29, 1.82) is 0 Å². The molecule has 0 bridgehead atoms. The molecule has 2 rings (SSSR count). The average molecular weight is 358 g/mol. The van der Waals surface area contributed by atoms with E-state index in [1.807, 2.05) is 12.1 Å². The number of carbonyl (C=O) groups is 2. The number of carbonyl (C=O) groups excluding carboxylic acids is 1. The Labute approximate surface area is 151 Å². The Balaban J connectivity index is 2.15. The van der Waals surface area contributed by atoms with E-state index < -0.39 is 17.9 Å². The van der Waals surface area contributed by atoms with Crippen LogP contribution >= 0.6 is 0 Å². The lowest BCUT2D eigenvalue weighted by atomic mass is 10.1. The van der Waals surface area contributed by atoms with E-state index in [9.17, 15) is 14.7 Å². The summed E-state index contributed by atoms with van der Waals surface area (Å²) in [5, 5.41) is 14.9. The lowest BCUT2D eigenvalue weighted by Gasteiger charge is -2.16. The first-order valence-electron chi connectivity index (χ1n) is 8.08. The van der Waals surface area contributed by atoms with Gasteiger partial charge in [-0.2, -0.15) is 0 Å². The number of hydrogen-bond acceptors (Lipinski definition) is 5. The van der Waals surface area contributed by atoms with Crippen molar-refractivity contribution in [3.8, 4) is 5.75 Å². The predicted octanol–water partition coefficient (Wildman–Crippen LogP) is 2.66. The van der Waals surface area contributed by atoms with Crippen molar-refractivity contribution in [3.05, 3.63) is 54.1 Å². The molecule has 2 aromatic rings. The Bertz CT molecular complexity index is 746. The Hall–Kier alpha value is -3.06. The molecule has 0 heterocycles. The second-order valence-corrected chi connectivity index (χ2v) is 5.54. The van der Waals surface area contributed by atoms with Crippen LogP contribution in [0.25, 0.3) is 0 Å². The number of anilines is 2. The fraction of sp³-hybridized carbons (Fsp3) is 0.263. The van der Waals surface area contributed by atoms with Crippen LogP contribution in [0.4, 0.5) is 11.4 Å². The lowest BCUT2D eigenvalue weighted by molar-refractivity contribution is -0.139. The van der Waals surface area contributed by atoms with Gasteiger partial charge in [-0.25, -0.2) is 4.79 Å². The molecule has 7 nitrogen and oxygen atoms in total. The van der Waals surface area contributed by atoms with Gasteiger partial charge in [-0.15, -0.1) is 0 Å². The highest BCUT2D eigenvalue weighted by molar-refractivity contribution is 6.01. The number of amides is 1. The Morgan fingerprint density at radius 3 is 2.38 bits per heavy atom. The van der Waals surface area contributed by atoms with E-state index in [4.69, 9.17) is 9.47 Å². The van der Waals surface area contributed by atoms with Gasteiger partial charge in [-0.3, -0.25) is 4.79 Å². The van der Waals surface area contributed by atoms with Gasteiger partial charge < -0.3 is 25.2 Å². The van der Waals surface area contributed by atoms with E-state index in [1.54, 1.807) is 43.5 Å². The van der Waals surface area contributed by atoms with Gasteiger partial charge in [0, 0.05) is 25.8 Å². The zero-order valence-electron chi connectivity index (χ0n) is 14.7. The highest BCUT2D eigenvalue weighted by Crippen LogP contribution is 2.23. The number of hydrogen-bond donors (Lipinski definition) is 3. The lowest BCUT2D eigenvalue weighted by Crippen LogP contribution is -2.41. The van der Waals surface area contributed by atoms with Gasteiger partial charge >= 0.3 is 5.97 Å². The minimum atomic E-state index is -1.10. The molecule has 1 atom stereocenters. The van der Waals surface area contributed by atoms with E-state index in [1.165, 1.54) is 7.11 Å². The second kappa shape index (κ2) is 9.43. The molecular formula is C19H22N2O5. The van der Waals surface area contributed by atoms with Crippen LogP contribution in [0.15, 0.2) is 48.5 Å². The zero-order chi connectivity index (χ0) is 18.9. The van der Waals surface area contributed by atoms with Crippen LogP contribution in [0.2, 0.25) is 0 Å². The SMILES string of the molecule is COCCC(NC(=O)c1ccccc1Nc1ccc(OC)cc1)C(=O)O. The first-order valence-corrected chi connectivity index (χ1v) is 8.08. The summed E-state index contributed by atoms with van der Waals surface area (Å²) in [6.45, 7) is 0.239. The van der Waals surface area contributed by atoms with Crippen molar-refractivity contribution in [3.63, 3.8) is 0 Å². The molecular weight excluding hydrogens is 336 g/mol. The minimum absolute atomic E-state index is 0.186. The molecule has 7 heteroatoms. The molecule has 0 spiro atoms. The van der Waals surface area contributed by atoms with Crippen LogP contribution in [0.3, 0.4) is 0 Å². The van der Waals surface area contributed by atoms with Gasteiger partial charge in [0.1, 0.15) is 11.8 Å². The number of rotatable bonds is 9. The molecule has 3 N–H and O–H groups in total. The van der Waals surface area contributed by atoms with Crippen LogP contribution in [0.5, 0.6) is 5.75 Å². The third-order valence-corrected chi connectivity index (χ3v) is 3.75. The van der Waals surface area contributed by atoms with Crippen LogP contribution < -0.4 is 15.4 Å². The first-order chi connectivity index (χ1) is 12.5. The van der Waals surface area contributed by atoms with Crippen LogP contribution in [-0.4, -0.2) is 43.9 Å². The van der Waals surface area contributed by atoms with Crippen LogP contribution in [0, 0.1) is 0 Å². The maximum absolute atomic E-state index is 12.6. The maximum atomic E-state index is 12.6. The highest BCUT2D eigenvalue weighted by atomic mass is 16.5. The topological polar surface area (TPSA) is 96.9 Å². The summed E-state index contributed by atoms with van der Waals surface area (Å²) < 4.78 is 10.0.